The predicted octanol–water partition coefficient (Wildman–Crippen LogP) is 2.63. The molecule has 0 aliphatic carbocycles. The maximum atomic E-state index is 13.0. The molecule has 76 valence electrons. The van der Waals surface area contributed by atoms with E-state index in [0.29, 0.717) is 0 Å². The van der Waals surface area contributed by atoms with Gasteiger partial charge in [0.05, 0.1) is 0 Å². The van der Waals surface area contributed by atoms with Gasteiger partial charge < -0.3 is 9.84 Å². The Morgan fingerprint density at radius 1 is 1.36 bits per heavy atom. The lowest BCUT2D eigenvalue weighted by Crippen LogP contribution is -1.97. The van der Waals surface area contributed by atoms with Crippen LogP contribution in [0.3, 0.4) is 0 Å². The van der Waals surface area contributed by atoms with Gasteiger partial charge in [0, 0.05) is 0 Å². The third-order valence-corrected chi connectivity index (χ3v) is 1.60. The number of ether oxygens (including phenoxy) is 1. The van der Waals surface area contributed by atoms with Crippen LogP contribution >= 0.6 is 0 Å². The van der Waals surface area contributed by atoms with Crippen LogP contribution in [-0.2, 0) is 0 Å². The van der Waals surface area contributed by atoms with Crippen LogP contribution in [0.5, 0.6) is 11.5 Å². The SMILES string of the molecule is CC=CCOc1ccc(O)c(F)c1F. The van der Waals surface area contributed by atoms with Crippen LogP contribution in [-0.4, -0.2) is 11.7 Å². The first-order valence-corrected chi connectivity index (χ1v) is 4.07. The third-order valence-electron chi connectivity index (χ3n) is 1.60. The van der Waals surface area contributed by atoms with Crippen LogP contribution in [0.1, 0.15) is 6.92 Å². The molecule has 0 aliphatic rings. The Hall–Kier alpha value is -1.58. The zero-order chi connectivity index (χ0) is 10.6. The highest BCUT2D eigenvalue weighted by molar-refractivity contribution is 5.34. The summed E-state index contributed by atoms with van der Waals surface area (Å²) in [7, 11) is 0. The number of phenolic OH excluding ortho intramolecular Hbond substituents is 1. The molecule has 0 heterocycles. The average Bonchev–Trinajstić information content (AvgIpc) is 2.18. The van der Waals surface area contributed by atoms with Crippen molar-refractivity contribution in [3.8, 4) is 11.5 Å². The number of hydrogen-bond donors (Lipinski definition) is 1. The van der Waals surface area contributed by atoms with Gasteiger partial charge in [0.15, 0.2) is 11.5 Å². The van der Waals surface area contributed by atoms with Gasteiger partial charge in [-0.15, -0.1) is 0 Å². The Bertz CT molecular complexity index is 348. The molecular weight excluding hydrogens is 190 g/mol. The van der Waals surface area contributed by atoms with Crippen LogP contribution < -0.4 is 4.74 Å². The molecule has 1 aromatic rings. The summed E-state index contributed by atoms with van der Waals surface area (Å²) in [5.74, 6) is -3.39. The lowest BCUT2D eigenvalue weighted by Gasteiger charge is -2.05. The minimum Gasteiger partial charge on any atom is -0.505 e. The van der Waals surface area contributed by atoms with Crippen molar-refractivity contribution in [3.05, 3.63) is 35.9 Å². The van der Waals surface area contributed by atoms with Crippen molar-refractivity contribution in [1.29, 1.82) is 0 Å². The average molecular weight is 200 g/mol. The lowest BCUT2D eigenvalue weighted by atomic mass is 10.3. The molecule has 0 aliphatic heterocycles. The molecule has 0 aromatic heterocycles. The first kappa shape index (κ1) is 10.5. The van der Waals surface area contributed by atoms with Crippen LogP contribution in [0.4, 0.5) is 8.78 Å². The molecule has 0 atom stereocenters. The minimum atomic E-state index is -1.29. The monoisotopic (exact) mass is 200 g/mol. The van der Waals surface area contributed by atoms with Gasteiger partial charge in [0.1, 0.15) is 6.61 Å². The Labute approximate surface area is 80.4 Å². The molecule has 0 saturated carbocycles. The molecule has 1 N–H and O–H groups in total. The van der Waals surface area contributed by atoms with Crippen molar-refractivity contribution in [2.45, 2.75) is 6.92 Å². The smallest absolute Gasteiger partial charge is 0.204 e. The quantitative estimate of drug-likeness (QED) is 0.760. The maximum absolute atomic E-state index is 13.0. The molecule has 0 amide bonds. The fourth-order valence-corrected chi connectivity index (χ4v) is 0.867. The van der Waals surface area contributed by atoms with Crippen LogP contribution in [0.2, 0.25) is 0 Å². The maximum Gasteiger partial charge on any atom is 0.204 e. The predicted molar refractivity (Wildman–Crippen MR) is 48.3 cm³/mol. The molecule has 0 saturated heterocycles. The van der Waals surface area contributed by atoms with E-state index in [-0.39, 0.29) is 12.4 Å². The highest BCUT2D eigenvalue weighted by Gasteiger charge is 2.13. The molecule has 0 radical (unpaired) electrons. The van der Waals surface area contributed by atoms with E-state index in [1.807, 2.05) is 0 Å². The van der Waals surface area contributed by atoms with Gasteiger partial charge in [-0.05, 0) is 19.1 Å². The number of halogens is 2. The highest BCUT2D eigenvalue weighted by Crippen LogP contribution is 2.26. The van der Waals surface area contributed by atoms with Crippen molar-refractivity contribution >= 4 is 0 Å². The van der Waals surface area contributed by atoms with E-state index in [0.717, 1.165) is 6.07 Å². The normalized spacial score (nSPS) is 10.8. The first-order chi connectivity index (χ1) is 6.66. The van der Waals surface area contributed by atoms with Gasteiger partial charge >= 0.3 is 0 Å². The second kappa shape index (κ2) is 4.60. The highest BCUT2D eigenvalue weighted by atomic mass is 19.2. The zero-order valence-electron chi connectivity index (χ0n) is 7.63. The minimum absolute atomic E-state index is 0.164. The fraction of sp³-hybridized carbons (Fsp3) is 0.200. The van der Waals surface area contributed by atoms with Gasteiger partial charge in [-0.2, -0.15) is 8.78 Å². The molecule has 2 nitrogen and oxygen atoms in total. The van der Waals surface area contributed by atoms with Crippen molar-refractivity contribution in [1.82, 2.24) is 0 Å². The van der Waals surface area contributed by atoms with Gasteiger partial charge in [0.25, 0.3) is 0 Å². The van der Waals surface area contributed by atoms with Crippen LogP contribution in [0, 0.1) is 11.6 Å². The Kier molecular flexibility index (Phi) is 3.45. The van der Waals surface area contributed by atoms with Crippen molar-refractivity contribution in [3.63, 3.8) is 0 Å². The molecule has 4 heteroatoms. The number of hydrogen-bond acceptors (Lipinski definition) is 2. The summed E-state index contributed by atoms with van der Waals surface area (Å²) in [6, 6.07) is 2.22. The Morgan fingerprint density at radius 2 is 2.07 bits per heavy atom. The van der Waals surface area contributed by atoms with E-state index >= 15 is 0 Å². The summed E-state index contributed by atoms with van der Waals surface area (Å²) in [6.45, 7) is 1.95. The number of aromatic hydroxyl groups is 1. The first-order valence-electron chi connectivity index (χ1n) is 4.07. The molecule has 0 unspecified atom stereocenters. The molecule has 0 fully saturated rings. The summed E-state index contributed by atoms with van der Waals surface area (Å²) < 4.78 is 30.7. The van der Waals surface area contributed by atoms with E-state index < -0.39 is 17.4 Å². The van der Waals surface area contributed by atoms with Gasteiger partial charge in [-0.1, -0.05) is 12.2 Å². The molecule has 1 aromatic carbocycles. The van der Waals surface area contributed by atoms with Crippen LogP contribution in [0.15, 0.2) is 24.3 Å². The van der Waals surface area contributed by atoms with Crippen molar-refractivity contribution in [2.75, 3.05) is 6.61 Å². The second-order valence-corrected chi connectivity index (χ2v) is 2.59. The van der Waals surface area contributed by atoms with Crippen molar-refractivity contribution in [2.24, 2.45) is 0 Å². The lowest BCUT2D eigenvalue weighted by molar-refractivity contribution is 0.324. The van der Waals surface area contributed by atoms with E-state index in [4.69, 9.17) is 9.84 Å². The fourth-order valence-electron chi connectivity index (χ4n) is 0.867. The Morgan fingerprint density at radius 3 is 2.71 bits per heavy atom. The third kappa shape index (κ3) is 2.22. The molecule has 14 heavy (non-hydrogen) atoms. The summed E-state index contributed by atoms with van der Waals surface area (Å²) in [6.07, 6.45) is 3.39. The van der Waals surface area contributed by atoms with E-state index in [2.05, 4.69) is 0 Å². The summed E-state index contributed by atoms with van der Waals surface area (Å²) in [5, 5.41) is 8.81. The molecule has 1 rings (SSSR count). The van der Waals surface area contributed by atoms with E-state index in [9.17, 15) is 8.78 Å². The topological polar surface area (TPSA) is 29.5 Å². The molecule has 0 bridgehead atoms. The van der Waals surface area contributed by atoms with Crippen LogP contribution in [0.25, 0.3) is 0 Å². The number of phenols is 1. The largest absolute Gasteiger partial charge is 0.505 e. The van der Waals surface area contributed by atoms with Gasteiger partial charge in [0.2, 0.25) is 11.6 Å². The number of rotatable bonds is 3. The second-order valence-electron chi connectivity index (χ2n) is 2.59. The molecular formula is C10H10F2O2. The molecule has 0 spiro atoms. The number of benzene rings is 1. The van der Waals surface area contributed by atoms with E-state index in [1.54, 1.807) is 19.1 Å². The number of allylic oxidation sites excluding steroid dienone is 1. The summed E-state index contributed by atoms with van der Waals surface area (Å²) in [5.41, 5.74) is 0. The Balaban J connectivity index is 2.83. The zero-order valence-corrected chi connectivity index (χ0v) is 7.63. The summed E-state index contributed by atoms with van der Waals surface area (Å²) >= 11 is 0. The standard InChI is InChI=1S/C10H10F2O2/c1-2-3-6-14-8-5-4-7(13)9(11)10(8)12/h2-5,13H,6H2,1H3. The van der Waals surface area contributed by atoms with E-state index in [1.165, 1.54) is 6.07 Å². The van der Waals surface area contributed by atoms with Gasteiger partial charge in [-0.25, -0.2) is 0 Å². The summed E-state index contributed by atoms with van der Waals surface area (Å²) in [4.78, 5) is 0. The van der Waals surface area contributed by atoms with Crippen molar-refractivity contribution < 1.29 is 18.6 Å². The van der Waals surface area contributed by atoms with Gasteiger partial charge in [-0.3, -0.25) is 0 Å².